The number of halogens is 1. The molecule has 194 valence electrons. The number of nitrogens with one attached hydrogen (secondary N) is 2. The van der Waals surface area contributed by atoms with E-state index in [-0.39, 0.29) is 34.0 Å². The zero-order valence-electron chi connectivity index (χ0n) is 20.0. The van der Waals surface area contributed by atoms with Crippen LogP contribution < -0.4 is 5.43 Å². The van der Waals surface area contributed by atoms with Gasteiger partial charge in [0.15, 0.2) is 0 Å². The fourth-order valence-corrected chi connectivity index (χ4v) is 9.13. The molecule has 10 nitrogen and oxygen atoms in total. The molecule has 1 aliphatic heterocycles. The van der Waals surface area contributed by atoms with E-state index in [1.54, 1.807) is 6.92 Å². The maximum Gasteiger partial charge on any atom is 0.287 e. The predicted molar refractivity (Wildman–Crippen MR) is 132 cm³/mol. The van der Waals surface area contributed by atoms with Crippen LogP contribution in [0.15, 0.2) is 48.2 Å². The third-order valence-electron chi connectivity index (χ3n) is 6.50. The van der Waals surface area contributed by atoms with Crippen LogP contribution in [0, 0.1) is 5.82 Å². The van der Waals surface area contributed by atoms with Crippen LogP contribution in [0.4, 0.5) is 4.39 Å². The zero-order chi connectivity index (χ0) is 26.5. The van der Waals surface area contributed by atoms with E-state index in [0.29, 0.717) is 18.4 Å². The van der Waals surface area contributed by atoms with Crippen LogP contribution >= 0.6 is 0 Å². The summed E-state index contributed by atoms with van der Waals surface area (Å²) in [4.78, 5) is 28.3. The van der Waals surface area contributed by atoms with Crippen molar-refractivity contribution in [3.63, 3.8) is 0 Å². The molecule has 1 aliphatic carbocycles. The predicted octanol–water partition coefficient (Wildman–Crippen LogP) is 2.20. The van der Waals surface area contributed by atoms with Crippen LogP contribution in [0.3, 0.4) is 0 Å². The molecule has 1 saturated heterocycles. The number of nitrogens with zero attached hydrogens (tertiary/aromatic N) is 2. The quantitative estimate of drug-likeness (QED) is 0.560. The second kappa shape index (κ2) is 9.12. The average Bonchev–Trinajstić information content (AvgIpc) is 3.50. The first-order chi connectivity index (χ1) is 16.8. The molecule has 2 amide bonds. The molecule has 36 heavy (non-hydrogen) atoms. The molecule has 2 aliphatic rings. The highest BCUT2D eigenvalue weighted by atomic mass is 32.2. The van der Waals surface area contributed by atoms with Gasteiger partial charge in [-0.25, -0.2) is 25.5 Å². The van der Waals surface area contributed by atoms with E-state index < -0.39 is 47.7 Å². The molecule has 4 rings (SSSR count). The molecule has 0 saturated carbocycles. The van der Waals surface area contributed by atoms with E-state index in [0.717, 1.165) is 19.1 Å². The Morgan fingerprint density at radius 2 is 1.83 bits per heavy atom. The molecule has 2 heterocycles. The third kappa shape index (κ3) is 4.14. The number of amides is 2. The van der Waals surface area contributed by atoms with Gasteiger partial charge in [-0.05, 0) is 44.9 Å². The Kier molecular flexibility index (Phi) is 6.60. The first-order valence-corrected chi connectivity index (χ1v) is 14.2. The molecule has 0 spiro atoms. The summed E-state index contributed by atoms with van der Waals surface area (Å²) in [6, 6.07) is 3.52. The highest BCUT2D eigenvalue weighted by Gasteiger charge is 2.56. The highest BCUT2D eigenvalue weighted by Crippen LogP contribution is 2.38. The topological polar surface area (TPSA) is 137 Å². The van der Waals surface area contributed by atoms with Crippen LogP contribution in [0.2, 0.25) is 0 Å². The van der Waals surface area contributed by atoms with Crippen molar-refractivity contribution in [3.05, 3.63) is 59.6 Å². The number of fused-ring (bicyclic) bond motifs is 1. The van der Waals surface area contributed by atoms with Gasteiger partial charge in [-0.2, -0.15) is 0 Å². The van der Waals surface area contributed by atoms with Crippen molar-refractivity contribution in [2.24, 2.45) is 0 Å². The van der Waals surface area contributed by atoms with Gasteiger partial charge >= 0.3 is 0 Å². The van der Waals surface area contributed by atoms with Crippen LogP contribution in [0.1, 0.15) is 44.0 Å². The number of hydrazine groups is 1. The number of carbonyl (C=O) groups is 2. The first-order valence-electron chi connectivity index (χ1n) is 11.3. The standard InChI is InChI=1S/C23H27FN4O6S2/c1-15-6-9-20(35(31,32)27-12-4-5-13-27)23(3,14-15)36(33,34)28(26-16(2)29)22(30)18-7-8-19(24)21-17(18)10-11-25-21/h6-11,14,20,25H,4-5,12-13H2,1-3H3,(H,26,29). The summed E-state index contributed by atoms with van der Waals surface area (Å²) in [7, 11) is -9.05. The van der Waals surface area contributed by atoms with Gasteiger partial charge in [0.05, 0.1) is 11.1 Å². The van der Waals surface area contributed by atoms with Crippen LogP contribution in [-0.2, 0) is 24.8 Å². The lowest BCUT2D eigenvalue weighted by molar-refractivity contribution is -0.121. The van der Waals surface area contributed by atoms with Gasteiger partial charge in [-0.15, -0.1) is 4.41 Å². The van der Waals surface area contributed by atoms with Crippen molar-refractivity contribution in [1.29, 1.82) is 0 Å². The fraction of sp³-hybridized carbons (Fsp3) is 0.391. The van der Waals surface area contributed by atoms with Crippen molar-refractivity contribution in [2.45, 2.75) is 43.6 Å². The molecule has 1 aromatic carbocycles. The monoisotopic (exact) mass is 538 g/mol. The van der Waals surface area contributed by atoms with Gasteiger partial charge < -0.3 is 4.98 Å². The van der Waals surface area contributed by atoms with Crippen molar-refractivity contribution in [3.8, 4) is 0 Å². The number of rotatable bonds is 5. The lowest BCUT2D eigenvalue weighted by Gasteiger charge is -2.39. The van der Waals surface area contributed by atoms with Crippen LogP contribution in [0.25, 0.3) is 10.9 Å². The van der Waals surface area contributed by atoms with E-state index in [2.05, 4.69) is 10.4 Å². The first kappa shape index (κ1) is 26.0. The number of benzene rings is 1. The molecular weight excluding hydrogens is 511 g/mol. The Hall–Kier alpha value is -3.03. The van der Waals surface area contributed by atoms with Gasteiger partial charge in [0, 0.05) is 31.6 Å². The van der Waals surface area contributed by atoms with Gasteiger partial charge in [-0.3, -0.25) is 15.0 Å². The van der Waals surface area contributed by atoms with Gasteiger partial charge in [0.2, 0.25) is 15.9 Å². The van der Waals surface area contributed by atoms with Crippen molar-refractivity contribution in [2.75, 3.05) is 13.1 Å². The average molecular weight is 539 g/mol. The summed E-state index contributed by atoms with van der Waals surface area (Å²) in [6.07, 6.45) is 6.80. The second-order valence-corrected chi connectivity index (χ2v) is 13.4. The van der Waals surface area contributed by atoms with Crippen molar-refractivity contribution >= 4 is 42.8 Å². The summed E-state index contributed by atoms with van der Waals surface area (Å²) in [5.74, 6) is -2.68. The van der Waals surface area contributed by atoms with Crippen molar-refractivity contribution < 1.29 is 30.8 Å². The molecule has 13 heteroatoms. The smallest absolute Gasteiger partial charge is 0.287 e. The molecule has 1 aromatic heterocycles. The molecule has 1 fully saturated rings. The number of hydrogen-bond acceptors (Lipinski definition) is 6. The van der Waals surface area contributed by atoms with E-state index in [4.69, 9.17) is 0 Å². The summed E-state index contributed by atoms with van der Waals surface area (Å²) >= 11 is 0. The number of sulfonamides is 2. The normalized spacial score (nSPS) is 23.0. The van der Waals surface area contributed by atoms with Gasteiger partial charge in [0.1, 0.15) is 15.8 Å². The largest absolute Gasteiger partial charge is 0.359 e. The Morgan fingerprint density at radius 1 is 1.17 bits per heavy atom. The second-order valence-electron chi connectivity index (χ2n) is 9.11. The van der Waals surface area contributed by atoms with Gasteiger partial charge in [-0.1, -0.05) is 23.8 Å². The third-order valence-corrected chi connectivity index (χ3v) is 11.2. The van der Waals surface area contributed by atoms with E-state index in [1.807, 2.05) is 0 Å². The van der Waals surface area contributed by atoms with Crippen LogP contribution in [0.5, 0.6) is 0 Å². The highest BCUT2D eigenvalue weighted by molar-refractivity contribution is 7.94. The Balaban J connectivity index is 1.87. The number of H-pyrrole nitrogens is 1. The van der Waals surface area contributed by atoms with E-state index in [1.165, 1.54) is 41.7 Å². The minimum atomic E-state index is -4.91. The summed E-state index contributed by atoms with van der Waals surface area (Å²) < 4.78 is 68.9. The molecular formula is C23H27FN4O6S2. The molecule has 0 radical (unpaired) electrons. The lowest BCUT2D eigenvalue weighted by atomic mass is 9.97. The van der Waals surface area contributed by atoms with Crippen LogP contribution in [-0.4, -0.2) is 65.4 Å². The van der Waals surface area contributed by atoms with Crippen molar-refractivity contribution in [1.82, 2.24) is 19.1 Å². The molecule has 2 N–H and O–H groups in total. The van der Waals surface area contributed by atoms with E-state index >= 15 is 0 Å². The Bertz CT molecular complexity index is 1510. The fourth-order valence-electron chi connectivity index (χ4n) is 4.71. The Morgan fingerprint density at radius 3 is 2.47 bits per heavy atom. The maximum atomic E-state index is 14.2. The molecule has 2 atom stereocenters. The number of aromatic amines is 1. The SMILES string of the molecule is CC(=O)NN(C(=O)c1ccc(F)c2[nH]ccc12)S(=O)(=O)C1(C)C=C(C)C=CC1S(=O)(=O)N1CCCC1. The molecule has 0 bridgehead atoms. The minimum Gasteiger partial charge on any atom is -0.359 e. The molecule has 2 unspecified atom stereocenters. The summed E-state index contributed by atoms with van der Waals surface area (Å²) in [5.41, 5.74) is 2.32. The Labute approximate surface area is 208 Å². The molecule has 2 aromatic rings. The number of allylic oxidation sites excluding steroid dienone is 2. The maximum absolute atomic E-state index is 14.2. The van der Waals surface area contributed by atoms with E-state index in [9.17, 15) is 30.8 Å². The van der Waals surface area contributed by atoms with Gasteiger partial charge in [0.25, 0.3) is 15.9 Å². The summed E-state index contributed by atoms with van der Waals surface area (Å²) in [5, 5.41) is -1.45. The zero-order valence-corrected chi connectivity index (χ0v) is 21.6. The number of aromatic nitrogens is 1. The minimum absolute atomic E-state index is 0.0157. The summed E-state index contributed by atoms with van der Waals surface area (Å²) in [6.45, 7) is 4.37. The number of carbonyl (C=O) groups excluding carboxylic acids is 2. The number of hydrogen-bond donors (Lipinski definition) is 2. The lowest BCUT2D eigenvalue weighted by Crippen LogP contribution is -2.61.